The lowest BCUT2D eigenvalue weighted by Crippen LogP contribution is -2.38. The summed E-state index contributed by atoms with van der Waals surface area (Å²) in [5.41, 5.74) is 2.20. The van der Waals surface area contributed by atoms with E-state index in [4.69, 9.17) is 9.47 Å². The number of aromatic amines is 1. The molecule has 1 aliphatic heterocycles. The first-order valence-electron chi connectivity index (χ1n) is 8.26. The van der Waals surface area contributed by atoms with Gasteiger partial charge in [-0.15, -0.1) is 0 Å². The molecule has 5 nitrogen and oxygen atoms in total. The highest BCUT2D eigenvalue weighted by Gasteiger charge is 2.29. The lowest BCUT2D eigenvalue weighted by Gasteiger charge is -2.28. The molecule has 0 amide bonds. The number of morpholine rings is 1. The minimum atomic E-state index is 0.165. The number of hydrogen-bond donors (Lipinski definition) is 1. The number of nitrogens with zero attached hydrogens (tertiary/aromatic N) is 2. The van der Waals surface area contributed by atoms with Crippen molar-refractivity contribution < 1.29 is 9.47 Å². The van der Waals surface area contributed by atoms with E-state index in [-0.39, 0.29) is 6.10 Å². The van der Waals surface area contributed by atoms with Gasteiger partial charge in [0.25, 0.3) is 0 Å². The highest BCUT2D eigenvalue weighted by molar-refractivity contribution is 5.11. The van der Waals surface area contributed by atoms with E-state index >= 15 is 0 Å². The normalized spacial score (nSPS) is 22.7. The van der Waals surface area contributed by atoms with Gasteiger partial charge in [0.1, 0.15) is 6.10 Å². The van der Waals surface area contributed by atoms with Gasteiger partial charge in [-0.05, 0) is 31.7 Å². The maximum absolute atomic E-state index is 6.26. The predicted molar refractivity (Wildman–Crippen MR) is 81.2 cm³/mol. The Morgan fingerprint density at radius 3 is 2.81 bits per heavy atom. The first-order chi connectivity index (χ1) is 10.3. The molecule has 1 atom stereocenters. The third-order valence-corrected chi connectivity index (χ3v) is 4.65. The Bertz CT molecular complexity index is 423. The zero-order valence-electron chi connectivity index (χ0n) is 13.0. The van der Waals surface area contributed by atoms with E-state index < -0.39 is 0 Å². The fraction of sp³-hybridized carbons (Fsp3) is 0.812. The van der Waals surface area contributed by atoms with Crippen molar-refractivity contribution in [2.75, 3.05) is 39.5 Å². The molecule has 1 saturated carbocycles. The quantitative estimate of drug-likeness (QED) is 0.874. The van der Waals surface area contributed by atoms with Crippen molar-refractivity contribution in [3.63, 3.8) is 0 Å². The zero-order valence-corrected chi connectivity index (χ0v) is 13.0. The maximum atomic E-state index is 6.26. The number of hydrogen-bond acceptors (Lipinski definition) is 4. The van der Waals surface area contributed by atoms with Crippen LogP contribution in [0.15, 0.2) is 6.07 Å². The summed E-state index contributed by atoms with van der Waals surface area (Å²) in [6, 6.07) is 2.14. The molecule has 1 saturated heterocycles. The summed E-state index contributed by atoms with van der Waals surface area (Å²) >= 11 is 0. The molecule has 1 N–H and O–H groups in total. The van der Waals surface area contributed by atoms with Gasteiger partial charge in [0.15, 0.2) is 0 Å². The van der Waals surface area contributed by atoms with Gasteiger partial charge in [-0.25, -0.2) is 0 Å². The number of rotatable bonds is 6. The van der Waals surface area contributed by atoms with Crippen LogP contribution in [-0.2, 0) is 9.47 Å². The van der Waals surface area contributed by atoms with Gasteiger partial charge >= 0.3 is 0 Å². The van der Waals surface area contributed by atoms with Crippen LogP contribution in [0.1, 0.15) is 43.2 Å². The average molecular weight is 293 g/mol. The molecule has 0 bridgehead atoms. The highest BCUT2D eigenvalue weighted by atomic mass is 16.5. The van der Waals surface area contributed by atoms with Crippen molar-refractivity contribution >= 4 is 0 Å². The van der Waals surface area contributed by atoms with Crippen LogP contribution in [0, 0.1) is 12.8 Å². The van der Waals surface area contributed by atoms with Gasteiger partial charge in [-0.2, -0.15) is 5.10 Å². The Morgan fingerprint density at radius 1 is 1.38 bits per heavy atom. The molecule has 5 heteroatoms. The lowest BCUT2D eigenvalue weighted by atomic mass is 9.98. The number of aryl methyl sites for hydroxylation is 1. The monoisotopic (exact) mass is 293 g/mol. The second kappa shape index (κ2) is 7.38. The van der Waals surface area contributed by atoms with E-state index in [9.17, 15) is 0 Å². The van der Waals surface area contributed by atoms with Crippen LogP contribution in [0.25, 0.3) is 0 Å². The van der Waals surface area contributed by atoms with Crippen LogP contribution in [0.2, 0.25) is 0 Å². The third kappa shape index (κ3) is 4.05. The minimum absolute atomic E-state index is 0.165. The summed E-state index contributed by atoms with van der Waals surface area (Å²) in [4.78, 5) is 2.42. The standard InChI is InChI=1S/C16H27N3O2/c1-13-12-15(18-17-13)16(14-4-2-3-5-14)21-11-8-19-6-9-20-10-7-19/h12,14,16H,2-11H2,1H3,(H,17,18). The molecule has 2 fully saturated rings. The third-order valence-electron chi connectivity index (χ3n) is 4.65. The smallest absolute Gasteiger partial charge is 0.104 e. The van der Waals surface area contributed by atoms with Crippen LogP contribution in [-0.4, -0.2) is 54.6 Å². The fourth-order valence-electron chi connectivity index (χ4n) is 3.44. The van der Waals surface area contributed by atoms with Gasteiger partial charge in [-0.3, -0.25) is 10.00 Å². The van der Waals surface area contributed by atoms with Crippen LogP contribution in [0.3, 0.4) is 0 Å². The van der Waals surface area contributed by atoms with Gasteiger partial charge < -0.3 is 9.47 Å². The Labute approximate surface area is 127 Å². The molecule has 3 rings (SSSR count). The molecule has 0 radical (unpaired) electrons. The lowest BCUT2D eigenvalue weighted by molar-refractivity contribution is -0.0194. The number of nitrogens with one attached hydrogen (secondary N) is 1. The molecule has 1 aromatic heterocycles. The van der Waals surface area contributed by atoms with Crippen molar-refractivity contribution in [2.45, 2.75) is 38.7 Å². The second-order valence-electron chi connectivity index (χ2n) is 6.27. The molecule has 2 heterocycles. The van der Waals surface area contributed by atoms with Crippen LogP contribution >= 0.6 is 0 Å². The minimum Gasteiger partial charge on any atom is -0.379 e. The number of H-pyrrole nitrogens is 1. The van der Waals surface area contributed by atoms with Crippen molar-refractivity contribution in [3.8, 4) is 0 Å². The molecular formula is C16H27N3O2. The van der Waals surface area contributed by atoms with Gasteiger partial charge in [0, 0.05) is 25.3 Å². The maximum Gasteiger partial charge on any atom is 0.104 e. The Kier molecular flexibility index (Phi) is 5.27. The van der Waals surface area contributed by atoms with Gasteiger partial charge in [0.2, 0.25) is 0 Å². The highest BCUT2D eigenvalue weighted by Crippen LogP contribution is 2.37. The van der Waals surface area contributed by atoms with Crippen molar-refractivity contribution in [2.24, 2.45) is 5.92 Å². The van der Waals surface area contributed by atoms with Gasteiger partial charge in [0.05, 0.1) is 25.5 Å². The number of aromatic nitrogens is 2. The molecule has 21 heavy (non-hydrogen) atoms. The summed E-state index contributed by atoms with van der Waals surface area (Å²) in [5.74, 6) is 0.636. The molecule has 1 aromatic rings. The summed E-state index contributed by atoms with van der Waals surface area (Å²) in [7, 11) is 0. The first-order valence-corrected chi connectivity index (χ1v) is 8.26. The molecular weight excluding hydrogens is 266 g/mol. The van der Waals surface area contributed by atoms with Crippen molar-refractivity contribution in [1.82, 2.24) is 15.1 Å². The van der Waals surface area contributed by atoms with Crippen LogP contribution in [0.4, 0.5) is 0 Å². The van der Waals surface area contributed by atoms with Crippen LogP contribution < -0.4 is 0 Å². The second-order valence-corrected chi connectivity index (χ2v) is 6.27. The van der Waals surface area contributed by atoms with Crippen molar-refractivity contribution in [1.29, 1.82) is 0 Å². The molecule has 2 aliphatic rings. The SMILES string of the molecule is Cc1cc(C(OCCN2CCOCC2)C2CCCC2)n[nH]1. The summed E-state index contributed by atoms with van der Waals surface area (Å²) in [5, 5.41) is 7.50. The predicted octanol–water partition coefficient (Wildman–Crippen LogP) is 2.30. The van der Waals surface area contributed by atoms with E-state index in [2.05, 4.69) is 28.1 Å². The van der Waals surface area contributed by atoms with E-state index in [1.807, 2.05) is 0 Å². The molecule has 1 unspecified atom stereocenters. The van der Waals surface area contributed by atoms with Gasteiger partial charge in [-0.1, -0.05) is 12.8 Å². The summed E-state index contributed by atoms with van der Waals surface area (Å²) in [6.07, 6.45) is 5.37. The number of ether oxygens (including phenoxy) is 2. The molecule has 1 aliphatic carbocycles. The van der Waals surface area contributed by atoms with Crippen LogP contribution in [0.5, 0.6) is 0 Å². The fourth-order valence-corrected chi connectivity index (χ4v) is 3.44. The summed E-state index contributed by atoms with van der Waals surface area (Å²) < 4.78 is 11.6. The molecule has 0 aromatic carbocycles. The topological polar surface area (TPSA) is 50.4 Å². The largest absolute Gasteiger partial charge is 0.379 e. The van der Waals surface area contributed by atoms with E-state index in [0.717, 1.165) is 50.8 Å². The molecule has 0 spiro atoms. The van der Waals surface area contributed by atoms with E-state index in [0.29, 0.717) is 5.92 Å². The Balaban J connectivity index is 1.54. The van der Waals surface area contributed by atoms with E-state index in [1.165, 1.54) is 25.7 Å². The Morgan fingerprint density at radius 2 is 2.14 bits per heavy atom. The zero-order chi connectivity index (χ0) is 14.5. The van der Waals surface area contributed by atoms with Crippen molar-refractivity contribution in [3.05, 3.63) is 17.5 Å². The molecule has 118 valence electrons. The Hall–Kier alpha value is -0.910. The average Bonchev–Trinajstić information content (AvgIpc) is 3.16. The first kappa shape index (κ1) is 15.0. The summed E-state index contributed by atoms with van der Waals surface area (Å²) in [6.45, 7) is 7.59. The van der Waals surface area contributed by atoms with E-state index in [1.54, 1.807) is 0 Å².